The number of carboxylic acids is 1. The summed E-state index contributed by atoms with van der Waals surface area (Å²) in [5, 5.41) is 17.4. The number of hydrogen-bond acceptors (Lipinski definition) is 3. The van der Waals surface area contributed by atoms with E-state index in [0.29, 0.717) is 11.3 Å². The molecular weight excluding hydrogens is 184 g/mol. The van der Waals surface area contributed by atoms with Gasteiger partial charge in [-0.2, -0.15) is 0 Å². The maximum Gasteiger partial charge on any atom is 0.370 e. The number of benzene rings is 1. The van der Waals surface area contributed by atoms with Crippen molar-refractivity contribution in [2.45, 2.75) is 0 Å². The summed E-state index contributed by atoms with van der Waals surface area (Å²) in [6.07, 6.45) is 1.16. The number of aliphatic carboxylic acids is 1. The van der Waals surface area contributed by atoms with Crippen molar-refractivity contribution in [1.82, 2.24) is 0 Å². The zero-order valence-electron chi connectivity index (χ0n) is 7.60. The average molecular weight is 194 g/mol. The molecule has 4 nitrogen and oxygen atoms in total. The predicted octanol–water partition coefficient (Wildman–Crippen LogP) is 1.68. The first kappa shape index (κ1) is 10.1. The van der Waals surface area contributed by atoms with Gasteiger partial charge >= 0.3 is 5.97 Å². The SMILES string of the molecule is COc1cccc(/C=C(/O)C(=O)O)c1. The number of aliphatic hydroxyl groups excluding tert-OH is 1. The van der Waals surface area contributed by atoms with Crippen molar-refractivity contribution >= 4 is 12.0 Å². The van der Waals surface area contributed by atoms with Crippen LogP contribution in [0.5, 0.6) is 5.75 Å². The van der Waals surface area contributed by atoms with Gasteiger partial charge in [0.25, 0.3) is 0 Å². The molecule has 1 aromatic rings. The van der Waals surface area contributed by atoms with Gasteiger partial charge in [-0.25, -0.2) is 4.79 Å². The molecule has 0 saturated carbocycles. The second-order valence-electron chi connectivity index (χ2n) is 2.61. The van der Waals surface area contributed by atoms with Crippen LogP contribution in [-0.4, -0.2) is 23.3 Å². The van der Waals surface area contributed by atoms with Crippen molar-refractivity contribution < 1.29 is 19.7 Å². The van der Waals surface area contributed by atoms with Gasteiger partial charge in [-0.1, -0.05) is 12.1 Å². The number of hydrogen-bond donors (Lipinski definition) is 2. The predicted molar refractivity (Wildman–Crippen MR) is 51.2 cm³/mol. The lowest BCUT2D eigenvalue weighted by Crippen LogP contribution is -1.98. The highest BCUT2D eigenvalue weighted by Gasteiger charge is 2.03. The molecule has 0 unspecified atom stereocenters. The van der Waals surface area contributed by atoms with Gasteiger partial charge in [0.2, 0.25) is 5.76 Å². The van der Waals surface area contributed by atoms with Crippen molar-refractivity contribution in [3.05, 3.63) is 35.6 Å². The monoisotopic (exact) mass is 194 g/mol. The summed E-state index contributed by atoms with van der Waals surface area (Å²) < 4.78 is 4.94. The van der Waals surface area contributed by atoms with Crippen LogP contribution in [-0.2, 0) is 4.79 Å². The highest BCUT2D eigenvalue weighted by molar-refractivity contribution is 5.89. The van der Waals surface area contributed by atoms with E-state index < -0.39 is 11.7 Å². The molecule has 0 aliphatic rings. The van der Waals surface area contributed by atoms with E-state index in [-0.39, 0.29) is 0 Å². The molecule has 0 aliphatic carbocycles. The second-order valence-corrected chi connectivity index (χ2v) is 2.61. The molecule has 0 aromatic heterocycles. The topological polar surface area (TPSA) is 66.8 Å². The molecular formula is C10H10O4. The number of carboxylic acid groups (broad SMARTS) is 1. The Morgan fingerprint density at radius 3 is 2.71 bits per heavy atom. The minimum Gasteiger partial charge on any atom is -0.502 e. The number of methoxy groups -OCH3 is 1. The zero-order valence-corrected chi connectivity index (χ0v) is 7.60. The van der Waals surface area contributed by atoms with Gasteiger partial charge in [0.05, 0.1) is 7.11 Å². The van der Waals surface area contributed by atoms with Gasteiger partial charge in [0.1, 0.15) is 5.75 Å². The Kier molecular flexibility index (Phi) is 3.12. The maximum atomic E-state index is 10.3. The van der Waals surface area contributed by atoms with Crippen molar-refractivity contribution in [2.75, 3.05) is 7.11 Å². The van der Waals surface area contributed by atoms with Crippen LogP contribution in [0.15, 0.2) is 30.0 Å². The number of carbonyl (C=O) groups is 1. The van der Waals surface area contributed by atoms with Gasteiger partial charge in [0, 0.05) is 0 Å². The average Bonchev–Trinajstić information content (AvgIpc) is 2.18. The van der Waals surface area contributed by atoms with Crippen molar-refractivity contribution in [2.24, 2.45) is 0 Å². The summed E-state index contributed by atoms with van der Waals surface area (Å²) in [6.45, 7) is 0. The summed E-state index contributed by atoms with van der Waals surface area (Å²) in [4.78, 5) is 10.3. The van der Waals surface area contributed by atoms with Crippen LogP contribution in [0.2, 0.25) is 0 Å². The van der Waals surface area contributed by atoms with Crippen LogP contribution in [0.25, 0.3) is 6.08 Å². The highest BCUT2D eigenvalue weighted by Crippen LogP contribution is 2.14. The Hall–Kier alpha value is -1.97. The molecule has 0 fully saturated rings. The van der Waals surface area contributed by atoms with Crippen molar-refractivity contribution in [3.63, 3.8) is 0 Å². The van der Waals surface area contributed by atoms with E-state index in [2.05, 4.69) is 0 Å². The molecule has 0 aliphatic heterocycles. The Balaban J connectivity index is 2.97. The Bertz CT molecular complexity index is 368. The van der Waals surface area contributed by atoms with E-state index in [1.54, 1.807) is 24.3 Å². The number of aliphatic hydroxyl groups is 1. The Morgan fingerprint density at radius 1 is 1.43 bits per heavy atom. The van der Waals surface area contributed by atoms with Crippen LogP contribution < -0.4 is 4.74 Å². The Morgan fingerprint density at radius 2 is 2.14 bits per heavy atom. The number of rotatable bonds is 3. The van der Waals surface area contributed by atoms with E-state index in [1.807, 2.05) is 0 Å². The van der Waals surface area contributed by atoms with Crippen molar-refractivity contribution in [1.29, 1.82) is 0 Å². The molecule has 0 atom stereocenters. The molecule has 1 aromatic carbocycles. The molecule has 0 amide bonds. The minimum atomic E-state index is -1.35. The number of ether oxygens (including phenoxy) is 1. The van der Waals surface area contributed by atoms with Gasteiger partial charge < -0.3 is 14.9 Å². The fourth-order valence-electron chi connectivity index (χ4n) is 0.951. The van der Waals surface area contributed by atoms with Gasteiger partial charge in [-0.15, -0.1) is 0 Å². The molecule has 0 radical (unpaired) electrons. The molecule has 0 spiro atoms. The fraction of sp³-hybridized carbons (Fsp3) is 0.100. The quantitative estimate of drug-likeness (QED) is 0.567. The van der Waals surface area contributed by atoms with Gasteiger partial charge in [-0.3, -0.25) is 0 Å². The third-order valence-electron chi connectivity index (χ3n) is 1.62. The fourth-order valence-corrected chi connectivity index (χ4v) is 0.951. The lowest BCUT2D eigenvalue weighted by Gasteiger charge is -2.00. The lowest BCUT2D eigenvalue weighted by atomic mass is 10.2. The first-order chi connectivity index (χ1) is 6.63. The summed E-state index contributed by atoms with van der Waals surface area (Å²) in [7, 11) is 1.51. The zero-order chi connectivity index (χ0) is 10.6. The van der Waals surface area contributed by atoms with Crippen LogP contribution in [0, 0.1) is 0 Å². The van der Waals surface area contributed by atoms with E-state index in [4.69, 9.17) is 14.9 Å². The maximum absolute atomic E-state index is 10.3. The minimum absolute atomic E-state index is 0.573. The van der Waals surface area contributed by atoms with Crippen molar-refractivity contribution in [3.8, 4) is 5.75 Å². The van der Waals surface area contributed by atoms with Crippen LogP contribution >= 0.6 is 0 Å². The first-order valence-electron chi connectivity index (χ1n) is 3.91. The molecule has 2 N–H and O–H groups in total. The molecule has 4 heteroatoms. The molecule has 0 saturated heterocycles. The largest absolute Gasteiger partial charge is 0.502 e. The summed E-state index contributed by atoms with van der Waals surface area (Å²) in [5.41, 5.74) is 0.573. The molecule has 1 rings (SSSR count). The van der Waals surface area contributed by atoms with E-state index >= 15 is 0 Å². The van der Waals surface area contributed by atoms with E-state index in [9.17, 15) is 4.79 Å². The first-order valence-corrected chi connectivity index (χ1v) is 3.91. The smallest absolute Gasteiger partial charge is 0.370 e. The lowest BCUT2D eigenvalue weighted by molar-refractivity contribution is -0.135. The highest BCUT2D eigenvalue weighted by atomic mass is 16.5. The third kappa shape index (κ3) is 2.52. The molecule has 74 valence electrons. The molecule has 0 bridgehead atoms. The standard InChI is InChI=1S/C10H10O4/c1-14-8-4-2-3-7(5-8)6-9(11)10(12)13/h2-6,11H,1H3,(H,12,13)/b9-6+. The summed E-state index contributed by atoms with van der Waals surface area (Å²) >= 11 is 0. The molecule has 14 heavy (non-hydrogen) atoms. The van der Waals surface area contributed by atoms with Gasteiger partial charge in [0.15, 0.2) is 0 Å². The summed E-state index contributed by atoms with van der Waals surface area (Å²) in [6, 6.07) is 6.73. The normalized spacial score (nSPS) is 11.1. The van der Waals surface area contributed by atoms with Crippen LogP contribution in [0.3, 0.4) is 0 Å². The van der Waals surface area contributed by atoms with Crippen LogP contribution in [0.1, 0.15) is 5.56 Å². The van der Waals surface area contributed by atoms with E-state index in [0.717, 1.165) is 6.08 Å². The molecule has 0 heterocycles. The van der Waals surface area contributed by atoms with E-state index in [1.165, 1.54) is 7.11 Å². The summed E-state index contributed by atoms with van der Waals surface area (Å²) in [5.74, 6) is -1.44. The Labute approximate surface area is 81.1 Å². The third-order valence-corrected chi connectivity index (χ3v) is 1.62. The van der Waals surface area contributed by atoms with Gasteiger partial charge in [-0.05, 0) is 23.8 Å². The van der Waals surface area contributed by atoms with Crippen LogP contribution in [0.4, 0.5) is 0 Å². The second kappa shape index (κ2) is 4.32.